The van der Waals surface area contributed by atoms with Crippen molar-refractivity contribution in [3.05, 3.63) is 23.2 Å². The van der Waals surface area contributed by atoms with Crippen molar-refractivity contribution in [2.75, 3.05) is 30.4 Å². The van der Waals surface area contributed by atoms with E-state index in [1.54, 1.807) is 0 Å². The Morgan fingerprint density at radius 2 is 2.13 bits per heavy atom. The molecule has 0 bridgehead atoms. The molecule has 0 radical (unpaired) electrons. The van der Waals surface area contributed by atoms with Gasteiger partial charge in [0.05, 0.1) is 11.4 Å². The number of benzene rings is 1. The van der Waals surface area contributed by atoms with Crippen LogP contribution in [0.15, 0.2) is 18.2 Å². The van der Waals surface area contributed by atoms with E-state index in [1.165, 1.54) is 11.4 Å². The molecule has 0 atom stereocenters. The van der Waals surface area contributed by atoms with E-state index in [1.807, 2.05) is 12.1 Å². The molecule has 0 unspecified atom stereocenters. The predicted molar refractivity (Wildman–Crippen MR) is 67.0 cm³/mol. The number of hydrogen-bond donors (Lipinski definition) is 1. The van der Waals surface area contributed by atoms with Crippen LogP contribution in [0.5, 0.6) is 0 Å². The molecule has 0 fully saturated rings. The molecule has 82 valence electrons. The third-order valence-electron chi connectivity index (χ3n) is 2.79. The minimum Gasteiger partial charge on any atom is -0.383 e. The van der Waals surface area contributed by atoms with Crippen molar-refractivity contribution in [2.24, 2.45) is 5.41 Å². The third kappa shape index (κ3) is 2.20. The van der Waals surface area contributed by atoms with Crippen LogP contribution in [0, 0.1) is 5.41 Å². The lowest BCUT2D eigenvalue weighted by Crippen LogP contribution is -2.33. The Morgan fingerprint density at radius 1 is 1.40 bits per heavy atom. The van der Waals surface area contributed by atoms with Crippen molar-refractivity contribution >= 4 is 23.0 Å². The first-order valence-corrected chi connectivity index (χ1v) is 5.60. The standard InChI is InChI=1S/C12H17ClN2/c1-12(2)7-14-10-5-4-9(13)6-11(10)15(3)8-12/h4-6,14H,7-8H2,1-3H3. The van der Waals surface area contributed by atoms with Crippen molar-refractivity contribution in [2.45, 2.75) is 13.8 Å². The summed E-state index contributed by atoms with van der Waals surface area (Å²) in [7, 11) is 2.11. The van der Waals surface area contributed by atoms with Gasteiger partial charge in [-0.2, -0.15) is 0 Å². The normalized spacial score (nSPS) is 19.1. The molecule has 0 aromatic heterocycles. The van der Waals surface area contributed by atoms with Crippen LogP contribution in [0.1, 0.15) is 13.8 Å². The van der Waals surface area contributed by atoms with Crippen LogP contribution in [0.25, 0.3) is 0 Å². The lowest BCUT2D eigenvalue weighted by molar-refractivity contribution is 0.403. The fourth-order valence-corrected chi connectivity index (χ4v) is 2.25. The highest BCUT2D eigenvalue weighted by molar-refractivity contribution is 6.31. The summed E-state index contributed by atoms with van der Waals surface area (Å²) in [5, 5.41) is 4.27. The van der Waals surface area contributed by atoms with Gasteiger partial charge in [-0.3, -0.25) is 0 Å². The van der Waals surface area contributed by atoms with Gasteiger partial charge < -0.3 is 10.2 Å². The predicted octanol–water partition coefficient (Wildman–Crippen LogP) is 3.23. The molecule has 0 amide bonds. The fourth-order valence-electron chi connectivity index (χ4n) is 2.09. The van der Waals surface area contributed by atoms with Gasteiger partial charge in [-0.05, 0) is 23.6 Å². The lowest BCUT2D eigenvalue weighted by atomic mass is 9.93. The van der Waals surface area contributed by atoms with Crippen molar-refractivity contribution in [3.63, 3.8) is 0 Å². The van der Waals surface area contributed by atoms with Crippen molar-refractivity contribution in [1.29, 1.82) is 0 Å². The molecule has 1 heterocycles. The van der Waals surface area contributed by atoms with E-state index in [2.05, 4.69) is 37.2 Å². The number of nitrogens with zero attached hydrogens (tertiary/aromatic N) is 1. The molecule has 2 rings (SSSR count). The van der Waals surface area contributed by atoms with Crippen LogP contribution in [-0.2, 0) is 0 Å². The first kappa shape index (κ1) is 10.6. The second-order valence-corrected chi connectivity index (χ2v) is 5.47. The monoisotopic (exact) mass is 224 g/mol. The van der Waals surface area contributed by atoms with Gasteiger partial charge >= 0.3 is 0 Å². The molecule has 2 nitrogen and oxygen atoms in total. The second-order valence-electron chi connectivity index (χ2n) is 5.04. The molecule has 0 saturated carbocycles. The van der Waals surface area contributed by atoms with Crippen LogP contribution < -0.4 is 10.2 Å². The molecule has 15 heavy (non-hydrogen) atoms. The highest BCUT2D eigenvalue weighted by Crippen LogP contribution is 2.34. The molecule has 1 N–H and O–H groups in total. The fraction of sp³-hybridized carbons (Fsp3) is 0.500. The molecule has 0 saturated heterocycles. The third-order valence-corrected chi connectivity index (χ3v) is 3.03. The summed E-state index contributed by atoms with van der Waals surface area (Å²) in [4.78, 5) is 2.27. The average molecular weight is 225 g/mol. The van der Waals surface area contributed by atoms with Crippen molar-refractivity contribution < 1.29 is 0 Å². The van der Waals surface area contributed by atoms with E-state index in [9.17, 15) is 0 Å². The maximum atomic E-state index is 6.01. The highest BCUT2D eigenvalue weighted by Gasteiger charge is 2.25. The molecule has 1 aliphatic heterocycles. The minimum atomic E-state index is 0.278. The minimum absolute atomic E-state index is 0.278. The van der Waals surface area contributed by atoms with Crippen LogP contribution >= 0.6 is 11.6 Å². The molecule has 1 aliphatic rings. The summed E-state index contributed by atoms with van der Waals surface area (Å²) in [5.74, 6) is 0. The number of anilines is 2. The van der Waals surface area contributed by atoms with Crippen LogP contribution in [0.2, 0.25) is 5.02 Å². The maximum absolute atomic E-state index is 6.01. The van der Waals surface area contributed by atoms with E-state index in [0.29, 0.717) is 0 Å². The Balaban J connectivity index is 2.40. The van der Waals surface area contributed by atoms with E-state index in [4.69, 9.17) is 11.6 Å². The zero-order valence-electron chi connectivity index (χ0n) is 9.47. The smallest absolute Gasteiger partial charge is 0.0614 e. The summed E-state index contributed by atoms with van der Waals surface area (Å²) < 4.78 is 0. The van der Waals surface area contributed by atoms with Gasteiger partial charge in [-0.15, -0.1) is 0 Å². The highest BCUT2D eigenvalue weighted by atomic mass is 35.5. The number of fused-ring (bicyclic) bond motifs is 1. The zero-order valence-corrected chi connectivity index (χ0v) is 10.2. The Bertz CT molecular complexity index is 374. The summed E-state index contributed by atoms with van der Waals surface area (Å²) in [6.45, 7) is 6.56. The van der Waals surface area contributed by atoms with E-state index in [-0.39, 0.29) is 5.41 Å². The van der Waals surface area contributed by atoms with Gasteiger partial charge in [0, 0.05) is 25.2 Å². The molecule has 3 heteroatoms. The first-order valence-electron chi connectivity index (χ1n) is 5.22. The maximum Gasteiger partial charge on any atom is 0.0614 e. The molecule has 0 aliphatic carbocycles. The SMILES string of the molecule is CN1CC(C)(C)CNc2ccc(Cl)cc21. The molecular weight excluding hydrogens is 208 g/mol. The van der Waals surface area contributed by atoms with E-state index >= 15 is 0 Å². The Labute approximate surface area is 96.2 Å². The number of hydrogen-bond acceptors (Lipinski definition) is 2. The topological polar surface area (TPSA) is 15.3 Å². The molecule has 1 aromatic carbocycles. The van der Waals surface area contributed by atoms with Gasteiger partial charge in [-0.25, -0.2) is 0 Å². The zero-order chi connectivity index (χ0) is 11.1. The van der Waals surface area contributed by atoms with Crippen LogP contribution in [0.4, 0.5) is 11.4 Å². The van der Waals surface area contributed by atoms with E-state index < -0.39 is 0 Å². The quantitative estimate of drug-likeness (QED) is 0.728. The van der Waals surface area contributed by atoms with Gasteiger partial charge in [-0.1, -0.05) is 25.4 Å². The summed E-state index contributed by atoms with van der Waals surface area (Å²) >= 11 is 6.01. The van der Waals surface area contributed by atoms with Gasteiger partial charge in [0.1, 0.15) is 0 Å². The number of nitrogens with one attached hydrogen (secondary N) is 1. The molecular formula is C12H17ClN2. The molecule has 0 spiro atoms. The second kappa shape index (κ2) is 3.60. The van der Waals surface area contributed by atoms with Crippen LogP contribution in [0.3, 0.4) is 0 Å². The largest absolute Gasteiger partial charge is 0.383 e. The Hall–Kier alpha value is -0.890. The Kier molecular flexibility index (Phi) is 2.55. The lowest BCUT2D eigenvalue weighted by Gasteiger charge is -2.27. The van der Waals surface area contributed by atoms with Crippen molar-refractivity contribution in [3.8, 4) is 0 Å². The van der Waals surface area contributed by atoms with E-state index in [0.717, 1.165) is 18.1 Å². The van der Waals surface area contributed by atoms with Gasteiger partial charge in [0.25, 0.3) is 0 Å². The number of rotatable bonds is 0. The van der Waals surface area contributed by atoms with Gasteiger partial charge in [0.2, 0.25) is 0 Å². The van der Waals surface area contributed by atoms with Gasteiger partial charge in [0.15, 0.2) is 0 Å². The summed E-state index contributed by atoms with van der Waals surface area (Å²) in [5.41, 5.74) is 2.64. The van der Waals surface area contributed by atoms with Crippen LogP contribution in [-0.4, -0.2) is 20.1 Å². The van der Waals surface area contributed by atoms with Crippen molar-refractivity contribution in [1.82, 2.24) is 0 Å². The average Bonchev–Trinajstić information content (AvgIpc) is 2.24. The summed E-state index contributed by atoms with van der Waals surface area (Å²) in [6.07, 6.45) is 0. The summed E-state index contributed by atoms with van der Waals surface area (Å²) in [6, 6.07) is 6.00. The Morgan fingerprint density at radius 3 is 2.87 bits per heavy atom. The first-order chi connectivity index (χ1) is 6.98. The molecule has 1 aromatic rings. The number of halogens is 1.